The van der Waals surface area contributed by atoms with Gasteiger partial charge in [0.25, 0.3) is 0 Å². The van der Waals surface area contributed by atoms with Crippen LogP contribution in [0.15, 0.2) is 0 Å². The molecule has 3 nitrogen and oxygen atoms in total. The van der Waals surface area contributed by atoms with Crippen molar-refractivity contribution in [3.8, 4) is 0 Å². The van der Waals surface area contributed by atoms with E-state index in [4.69, 9.17) is 4.74 Å². The van der Waals surface area contributed by atoms with Gasteiger partial charge >= 0.3 is 0 Å². The van der Waals surface area contributed by atoms with Gasteiger partial charge in [-0.05, 0) is 26.7 Å². The summed E-state index contributed by atoms with van der Waals surface area (Å²) in [5.74, 6) is 0. The van der Waals surface area contributed by atoms with Gasteiger partial charge < -0.3 is 15.0 Å². The molecule has 2 aliphatic rings. The molecular formula is C11H22N2O. The lowest BCUT2D eigenvalue weighted by atomic mass is 9.87. The Morgan fingerprint density at radius 2 is 2.00 bits per heavy atom. The van der Waals surface area contributed by atoms with Crippen molar-refractivity contribution in [2.24, 2.45) is 0 Å². The van der Waals surface area contributed by atoms with E-state index in [0.29, 0.717) is 11.6 Å². The van der Waals surface area contributed by atoms with Gasteiger partial charge in [-0.15, -0.1) is 0 Å². The van der Waals surface area contributed by atoms with E-state index in [1.165, 1.54) is 25.9 Å². The molecule has 0 bridgehead atoms. The van der Waals surface area contributed by atoms with Crippen molar-refractivity contribution in [2.75, 3.05) is 32.8 Å². The molecule has 0 amide bonds. The van der Waals surface area contributed by atoms with E-state index < -0.39 is 0 Å². The Labute approximate surface area is 86.8 Å². The number of piperidine rings is 1. The zero-order chi connectivity index (χ0) is 10.0. The number of morpholine rings is 1. The summed E-state index contributed by atoms with van der Waals surface area (Å²) in [4.78, 5) is 2.56. The summed E-state index contributed by atoms with van der Waals surface area (Å²) in [6, 6.07) is 0.692. The summed E-state index contributed by atoms with van der Waals surface area (Å²) in [5.41, 5.74) is 0.309. The summed E-state index contributed by atoms with van der Waals surface area (Å²) in [7, 11) is 0. The van der Waals surface area contributed by atoms with Gasteiger partial charge in [-0.3, -0.25) is 0 Å². The maximum Gasteiger partial charge on any atom is 0.0649 e. The normalized spacial score (nSPS) is 28.5. The highest BCUT2D eigenvalue weighted by Gasteiger charge is 2.36. The Morgan fingerprint density at radius 1 is 1.29 bits per heavy atom. The van der Waals surface area contributed by atoms with Crippen molar-refractivity contribution < 1.29 is 4.74 Å². The third-order valence-corrected chi connectivity index (χ3v) is 3.61. The molecule has 0 unspecified atom stereocenters. The quantitative estimate of drug-likeness (QED) is 0.676. The number of likely N-dealkylation sites (tertiary alicyclic amines) is 1. The Bertz CT molecular complexity index is 178. The minimum absolute atomic E-state index is 0.309. The highest BCUT2D eigenvalue weighted by molar-refractivity contribution is 4.95. The zero-order valence-corrected chi connectivity index (χ0v) is 9.38. The fraction of sp³-hybridized carbons (Fsp3) is 1.00. The topological polar surface area (TPSA) is 24.5 Å². The molecule has 14 heavy (non-hydrogen) atoms. The lowest BCUT2D eigenvalue weighted by Gasteiger charge is -2.45. The number of rotatable bonds is 1. The van der Waals surface area contributed by atoms with Crippen molar-refractivity contribution in [3.05, 3.63) is 0 Å². The molecule has 1 N–H and O–H groups in total. The zero-order valence-electron chi connectivity index (χ0n) is 9.38. The lowest BCUT2D eigenvalue weighted by Crippen LogP contribution is -2.60. The summed E-state index contributed by atoms with van der Waals surface area (Å²) in [5, 5.41) is 3.64. The third-order valence-electron chi connectivity index (χ3n) is 3.61. The van der Waals surface area contributed by atoms with Crippen LogP contribution < -0.4 is 5.32 Å². The molecule has 0 radical (unpaired) electrons. The summed E-state index contributed by atoms with van der Waals surface area (Å²) >= 11 is 0. The summed E-state index contributed by atoms with van der Waals surface area (Å²) < 4.78 is 5.58. The average molecular weight is 198 g/mol. The molecule has 0 aromatic carbocycles. The maximum atomic E-state index is 5.58. The van der Waals surface area contributed by atoms with E-state index in [9.17, 15) is 0 Å². The van der Waals surface area contributed by atoms with Crippen LogP contribution in [0.5, 0.6) is 0 Å². The van der Waals surface area contributed by atoms with Gasteiger partial charge in [-0.1, -0.05) is 0 Å². The standard InChI is InChI=1S/C11H22N2O/c1-10(2)13-6-3-11(4-7-13)9-14-8-5-12-11/h10,12H,3-9H2,1-2H3. The maximum absolute atomic E-state index is 5.58. The highest BCUT2D eigenvalue weighted by Crippen LogP contribution is 2.25. The monoisotopic (exact) mass is 198 g/mol. The van der Waals surface area contributed by atoms with Crippen LogP contribution in [-0.2, 0) is 4.74 Å². The Hall–Kier alpha value is -0.120. The van der Waals surface area contributed by atoms with Crippen LogP contribution in [0.2, 0.25) is 0 Å². The van der Waals surface area contributed by atoms with E-state index in [0.717, 1.165) is 19.8 Å². The first-order chi connectivity index (χ1) is 6.72. The molecule has 0 atom stereocenters. The minimum Gasteiger partial charge on any atom is -0.378 e. The van der Waals surface area contributed by atoms with Crippen molar-refractivity contribution in [2.45, 2.75) is 38.3 Å². The predicted octanol–water partition coefficient (Wildman–Crippen LogP) is 0.849. The fourth-order valence-corrected chi connectivity index (χ4v) is 2.50. The second kappa shape index (κ2) is 4.17. The van der Waals surface area contributed by atoms with E-state index in [2.05, 4.69) is 24.1 Å². The number of nitrogens with zero attached hydrogens (tertiary/aromatic N) is 1. The van der Waals surface area contributed by atoms with Crippen molar-refractivity contribution in [3.63, 3.8) is 0 Å². The molecule has 2 fully saturated rings. The summed E-state index contributed by atoms with van der Waals surface area (Å²) in [6.07, 6.45) is 2.48. The largest absolute Gasteiger partial charge is 0.378 e. The minimum atomic E-state index is 0.309. The van der Waals surface area contributed by atoms with Gasteiger partial charge in [0.05, 0.1) is 13.2 Å². The fourth-order valence-electron chi connectivity index (χ4n) is 2.50. The molecular weight excluding hydrogens is 176 g/mol. The van der Waals surface area contributed by atoms with Crippen LogP contribution >= 0.6 is 0 Å². The first kappa shape index (κ1) is 10.4. The number of nitrogens with one attached hydrogen (secondary N) is 1. The van der Waals surface area contributed by atoms with Gasteiger partial charge in [0.2, 0.25) is 0 Å². The van der Waals surface area contributed by atoms with Crippen LogP contribution in [0.4, 0.5) is 0 Å². The van der Waals surface area contributed by atoms with Gasteiger partial charge in [0.1, 0.15) is 0 Å². The molecule has 2 aliphatic heterocycles. The van der Waals surface area contributed by atoms with Crippen LogP contribution in [0.1, 0.15) is 26.7 Å². The molecule has 2 rings (SSSR count). The Kier molecular flexibility index (Phi) is 3.10. The molecule has 0 aromatic heterocycles. The van der Waals surface area contributed by atoms with Crippen molar-refractivity contribution >= 4 is 0 Å². The number of hydrogen-bond donors (Lipinski definition) is 1. The molecule has 0 aromatic rings. The SMILES string of the molecule is CC(C)N1CCC2(CC1)COCCN2. The Balaban J connectivity index is 1.87. The first-order valence-electron chi connectivity index (χ1n) is 5.79. The highest BCUT2D eigenvalue weighted by atomic mass is 16.5. The van der Waals surface area contributed by atoms with Crippen molar-refractivity contribution in [1.29, 1.82) is 0 Å². The van der Waals surface area contributed by atoms with Crippen LogP contribution in [-0.4, -0.2) is 49.3 Å². The predicted molar refractivity (Wildman–Crippen MR) is 57.5 cm³/mol. The van der Waals surface area contributed by atoms with Gasteiger partial charge in [-0.2, -0.15) is 0 Å². The third kappa shape index (κ3) is 2.10. The van der Waals surface area contributed by atoms with Crippen molar-refractivity contribution in [1.82, 2.24) is 10.2 Å². The van der Waals surface area contributed by atoms with Crippen LogP contribution in [0.3, 0.4) is 0 Å². The number of hydrogen-bond acceptors (Lipinski definition) is 3. The second-order valence-corrected chi connectivity index (χ2v) is 4.89. The van der Waals surface area contributed by atoms with E-state index in [-0.39, 0.29) is 0 Å². The Morgan fingerprint density at radius 3 is 2.50 bits per heavy atom. The average Bonchev–Trinajstić information content (AvgIpc) is 2.19. The molecule has 0 aliphatic carbocycles. The van der Waals surface area contributed by atoms with Crippen LogP contribution in [0, 0.1) is 0 Å². The molecule has 2 heterocycles. The van der Waals surface area contributed by atoms with Gasteiger partial charge in [0.15, 0.2) is 0 Å². The lowest BCUT2D eigenvalue weighted by molar-refractivity contribution is -0.00987. The van der Waals surface area contributed by atoms with E-state index >= 15 is 0 Å². The number of ether oxygens (including phenoxy) is 1. The van der Waals surface area contributed by atoms with E-state index in [1.807, 2.05) is 0 Å². The smallest absolute Gasteiger partial charge is 0.0649 e. The van der Waals surface area contributed by atoms with Gasteiger partial charge in [-0.25, -0.2) is 0 Å². The summed E-state index contributed by atoms with van der Waals surface area (Å²) in [6.45, 7) is 9.82. The molecule has 0 saturated carbocycles. The first-order valence-corrected chi connectivity index (χ1v) is 5.79. The molecule has 3 heteroatoms. The molecule has 2 saturated heterocycles. The van der Waals surface area contributed by atoms with Gasteiger partial charge in [0, 0.05) is 31.2 Å². The van der Waals surface area contributed by atoms with Crippen LogP contribution in [0.25, 0.3) is 0 Å². The second-order valence-electron chi connectivity index (χ2n) is 4.89. The van der Waals surface area contributed by atoms with E-state index in [1.54, 1.807) is 0 Å². The molecule has 82 valence electrons. The molecule has 1 spiro atoms.